The number of rotatable bonds is 1. The van der Waals surface area contributed by atoms with Gasteiger partial charge in [0.15, 0.2) is 5.60 Å². The van der Waals surface area contributed by atoms with Gasteiger partial charge < -0.3 is 9.84 Å². The van der Waals surface area contributed by atoms with Crippen molar-refractivity contribution >= 4 is 16.9 Å². The molecule has 2 aromatic carbocycles. The van der Waals surface area contributed by atoms with Crippen LogP contribution in [0.3, 0.4) is 0 Å². The number of nitrogens with zero attached hydrogens (tertiary/aromatic N) is 1. The highest BCUT2D eigenvalue weighted by Crippen LogP contribution is 2.43. The molecule has 2 aliphatic rings. The molecule has 3 aromatic rings. The zero-order chi connectivity index (χ0) is 17.2. The van der Waals surface area contributed by atoms with E-state index in [1.165, 1.54) is 11.1 Å². The number of esters is 1. The van der Waals surface area contributed by atoms with E-state index >= 15 is 0 Å². The van der Waals surface area contributed by atoms with Crippen molar-refractivity contribution in [2.24, 2.45) is 0 Å². The second-order valence-electron chi connectivity index (χ2n) is 6.82. The number of cyclic esters (lactones) is 1. The minimum atomic E-state index is -1.57. The molecule has 0 amide bonds. The molecule has 0 unspecified atom stereocenters. The normalized spacial score (nSPS) is 20.8. The molecule has 5 rings (SSSR count). The number of fused-ring (bicyclic) bond motifs is 5. The highest BCUT2D eigenvalue weighted by Gasteiger charge is 2.43. The van der Waals surface area contributed by atoms with Crippen molar-refractivity contribution in [1.29, 1.82) is 0 Å². The van der Waals surface area contributed by atoms with Crippen LogP contribution in [0.2, 0.25) is 0 Å². The zero-order valence-corrected chi connectivity index (χ0v) is 13.9. The topological polar surface area (TPSA) is 59.4 Å². The highest BCUT2D eigenvalue weighted by molar-refractivity contribution is 5.88. The average molecular weight is 331 g/mol. The second kappa shape index (κ2) is 4.90. The van der Waals surface area contributed by atoms with Crippen LogP contribution in [0.4, 0.5) is 0 Å². The lowest BCUT2D eigenvalue weighted by atomic mass is 9.83. The van der Waals surface area contributed by atoms with Crippen molar-refractivity contribution in [3.05, 3.63) is 64.7 Å². The van der Waals surface area contributed by atoms with E-state index in [0.29, 0.717) is 5.56 Å². The smallest absolute Gasteiger partial charge is 0.343 e. The number of benzene rings is 2. The first-order valence-corrected chi connectivity index (χ1v) is 8.55. The van der Waals surface area contributed by atoms with Crippen LogP contribution in [-0.2, 0) is 28.2 Å². The molecule has 2 heterocycles. The van der Waals surface area contributed by atoms with Crippen LogP contribution in [0.15, 0.2) is 42.5 Å². The molecule has 0 bridgehead atoms. The van der Waals surface area contributed by atoms with Crippen LogP contribution in [0, 0.1) is 0 Å². The summed E-state index contributed by atoms with van der Waals surface area (Å²) in [5, 5.41) is 12.0. The average Bonchev–Trinajstić information content (AvgIpc) is 2.98. The molecule has 0 fully saturated rings. The Morgan fingerprint density at radius 3 is 2.84 bits per heavy atom. The fourth-order valence-electron chi connectivity index (χ4n) is 4.01. The minimum absolute atomic E-state index is 0.218. The summed E-state index contributed by atoms with van der Waals surface area (Å²) in [5.74, 6) is -0.563. The number of ether oxygens (including phenoxy) is 1. The van der Waals surface area contributed by atoms with Crippen molar-refractivity contribution < 1.29 is 14.6 Å². The van der Waals surface area contributed by atoms with Crippen LogP contribution in [-0.4, -0.2) is 16.1 Å². The Balaban J connectivity index is 1.75. The predicted octanol–water partition coefficient (Wildman–Crippen LogP) is 3.46. The van der Waals surface area contributed by atoms with Crippen LogP contribution < -0.4 is 0 Å². The van der Waals surface area contributed by atoms with Gasteiger partial charge in [0.1, 0.15) is 6.61 Å². The molecule has 1 N–H and O–H groups in total. The molecule has 0 spiro atoms. The Hall–Kier alpha value is -2.72. The van der Waals surface area contributed by atoms with Gasteiger partial charge in [-0.05, 0) is 41.3 Å². The van der Waals surface area contributed by atoms with Gasteiger partial charge in [-0.3, -0.25) is 0 Å². The van der Waals surface area contributed by atoms with Crippen LogP contribution in [0.1, 0.15) is 35.6 Å². The van der Waals surface area contributed by atoms with Crippen molar-refractivity contribution in [2.45, 2.75) is 32.0 Å². The number of carbonyl (C=O) groups is 1. The Labute approximate surface area is 145 Å². The number of hydrogen-bond acceptors (Lipinski definition) is 4. The van der Waals surface area contributed by atoms with Gasteiger partial charge in [0.2, 0.25) is 0 Å². The van der Waals surface area contributed by atoms with E-state index in [-0.39, 0.29) is 13.0 Å². The van der Waals surface area contributed by atoms with Crippen molar-refractivity contribution in [1.82, 2.24) is 4.98 Å². The summed E-state index contributed by atoms with van der Waals surface area (Å²) in [6.07, 6.45) is 1.10. The Morgan fingerprint density at radius 1 is 1.16 bits per heavy atom. The molecule has 1 aromatic heterocycles. The number of carbonyl (C=O) groups excluding carboxylic acids is 1. The van der Waals surface area contributed by atoms with E-state index in [9.17, 15) is 9.90 Å². The van der Waals surface area contributed by atoms with Gasteiger partial charge in [0, 0.05) is 22.9 Å². The van der Waals surface area contributed by atoms with Crippen LogP contribution in [0.5, 0.6) is 0 Å². The minimum Gasteiger partial charge on any atom is -0.458 e. The molecule has 1 atom stereocenters. The number of hydrogen-bond donors (Lipinski definition) is 1. The first-order valence-electron chi connectivity index (χ1n) is 8.55. The Bertz CT molecular complexity index is 1060. The Morgan fingerprint density at radius 2 is 2.00 bits per heavy atom. The van der Waals surface area contributed by atoms with Crippen LogP contribution >= 0.6 is 0 Å². The maximum absolute atomic E-state index is 12.1. The molecule has 0 saturated carbocycles. The highest BCUT2D eigenvalue weighted by atomic mass is 16.6. The summed E-state index contributed by atoms with van der Waals surface area (Å²) in [7, 11) is 0. The summed E-state index contributed by atoms with van der Waals surface area (Å²) in [5.41, 5.74) is 5.26. The van der Waals surface area contributed by atoms with Gasteiger partial charge in [-0.2, -0.15) is 0 Å². The summed E-state index contributed by atoms with van der Waals surface area (Å²) in [6, 6.07) is 14.3. The third kappa shape index (κ3) is 1.91. The van der Waals surface area contributed by atoms with Gasteiger partial charge in [-0.1, -0.05) is 31.2 Å². The number of aromatic nitrogens is 1. The molecule has 4 heteroatoms. The Kier molecular flexibility index (Phi) is 2.86. The molecule has 1 aliphatic carbocycles. The fraction of sp³-hybridized carbons (Fsp3) is 0.238. The lowest BCUT2D eigenvalue weighted by Gasteiger charge is -2.32. The first-order chi connectivity index (χ1) is 12.1. The molecule has 1 aliphatic heterocycles. The molecule has 0 saturated heterocycles. The number of pyridine rings is 1. The maximum atomic E-state index is 12.1. The van der Waals surface area contributed by atoms with Crippen LogP contribution in [0.25, 0.3) is 22.2 Å². The van der Waals surface area contributed by atoms with E-state index in [4.69, 9.17) is 9.72 Å². The monoisotopic (exact) mass is 331 g/mol. The van der Waals surface area contributed by atoms with E-state index in [0.717, 1.165) is 34.1 Å². The third-order valence-electron chi connectivity index (χ3n) is 5.42. The van der Waals surface area contributed by atoms with Gasteiger partial charge in [0.25, 0.3) is 0 Å². The largest absolute Gasteiger partial charge is 0.458 e. The lowest BCUT2D eigenvalue weighted by molar-refractivity contribution is -0.172. The summed E-state index contributed by atoms with van der Waals surface area (Å²) >= 11 is 0. The first kappa shape index (κ1) is 14.6. The number of aliphatic hydroxyl groups is 1. The lowest BCUT2D eigenvalue weighted by Crippen LogP contribution is -2.41. The molecule has 4 nitrogen and oxygen atoms in total. The fourth-order valence-corrected chi connectivity index (χ4v) is 4.01. The molecule has 124 valence electrons. The van der Waals surface area contributed by atoms with Gasteiger partial charge in [0.05, 0.1) is 11.2 Å². The predicted molar refractivity (Wildman–Crippen MR) is 94.0 cm³/mol. The molecule has 0 radical (unpaired) electrons. The summed E-state index contributed by atoms with van der Waals surface area (Å²) < 4.78 is 5.21. The molecular weight excluding hydrogens is 314 g/mol. The second-order valence-corrected chi connectivity index (χ2v) is 6.82. The third-order valence-corrected chi connectivity index (χ3v) is 5.42. The van der Waals surface area contributed by atoms with Crippen molar-refractivity contribution in [3.8, 4) is 11.3 Å². The maximum Gasteiger partial charge on any atom is 0.343 e. The summed E-state index contributed by atoms with van der Waals surface area (Å²) in [6.45, 7) is 2.01. The van der Waals surface area contributed by atoms with Crippen molar-refractivity contribution in [2.75, 3.05) is 0 Å². The summed E-state index contributed by atoms with van der Waals surface area (Å²) in [4.78, 5) is 17.0. The van der Waals surface area contributed by atoms with E-state index in [2.05, 4.69) is 18.2 Å². The van der Waals surface area contributed by atoms with Gasteiger partial charge in [-0.15, -0.1) is 0 Å². The van der Waals surface area contributed by atoms with E-state index in [1.807, 2.05) is 24.3 Å². The van der Waals surface area contributed by atoms with Gasteiger partial charge in [-0.25, -0.2) is 9.78 Å². The molecular formula is C21H17NO3. The quantitative estimate of drug-likeness (QED) is 0.543. The van der Waals surface area contributed by atoms with Crippen molar-refractivity contribution in [3.63, 3.8) is 0 Å². The SMILES string of the molecule is CC[C@@]1(O)C(=O)OCc2cc3c(cc21)-c1nc2ccccc2cc1C3. The van der Waals surface area contributed by atoms with Gasteiger partial charge >= 0.3 is 5.97 Å². The van der Waals surface area contributed by atoms with E-state index in [1.54, 1.807) is 6.92 Å². The molecule has 25 heavy (non-hydrogen) atoms. The number of para-hydroxylation sites is 1. The zero-order valence-electron chi connectivity index (χ0n) is 13.9. The standard InChI is InChI=1S/C21H17NO3/c1-2-21(24)17-10-16-13(9-15(17)11-25-20(21)23)8-14-7-12-5-3-4-6-18(12)22-19(14)16/h3-7,9-10,24H,2,8,11H2,1H3/t21-/m0/s1. The van der Waals surface area contributed by atoms with E-state index < -0.39 is 11.6 Å².